The van der Waals surface area contributed by atoms with E-state index in [2.05, 4.69) is 72.7 Å². The van der Waals surface area contributed by atoms with Crippen molar-refractivity contribution >= 4 is 29.9 Å². The zero-order valence-corrected chi connectivity index (χ0v) is 16.6. The van der Waals surface area contributed by atoms with Gasteiger partial charge in [-0.3, -0.25) is 4.99 Å². The third kappa shape index (κ3) is 5.43. The second-order valence-electron chi connectivity index (χ2n) is 6.31. The van der Waals surface area contributed by atoms with Crippen molar-refractivity contribution in [1.82, 2.24) is 15.5 Å². The Morgan fingerprint density at radius 2 is 1.91 bits per heavy atom. The highest BCUT2D eigenvalue weighted by molar-refractivity contribution is 14.0. The highest BCUT2D eigenvalue weighted by Gasteiger charge is 2.33. The molecule has 1 aromatic rings. The van der Waals surface area contributed by atoms with Crippen molar-refractivity contribution in [3.8, 4) is 0 Å². The molecule has 1 saturated carbocycles. The van der Waals surface area contributed by atoms with Crippen LogP contribution in [0.3, 0.4) is 0 Å². The van der Waals surface area contributed by atoms with Crippen molar-refractivity contribution < 1.29 is 0 Å². The van der Waals surface area contributed by atoms with E-state index in [0.717, 1.165) is 18.4 Å². The maximum absolute atomic E-state index is 4.32. The van der Waals surface area contributed by atoms with E-state index in [1.54, 1.807) is 0 Å². The number of guanidine groups is 1. The van der Waals surface area contributed by atoms with E-state index in [0.29, 0.717) is 12.1 Å². The van der Waals surface area contributed by atoms with Crippen LogP contribution in [-0.4, -0.2) is 44.6 Å². The molecule has 1 aliphatic rings. The van der Waals surface area contributed by atoms with Gasteiger partial charge in [0.25, 0.3) is 0 Å². The molecule has 4 nitrogen and oxygen atoms in total. The molecule has 0 saturated heterocycles. The molecule has 0 spiro atoms. The largest absolute Gasteiger partial charge is 0.354 e. The Hall–Kier alpha value is -0.820. The van der Waals surface area contributed by atoms with E-state index in [1.807, 2.05) is 7.05 Å². The second kappa shape index (κ2) is 8.72. The normalized spacial score (nSPS) is 22.0. The Morgan fingerprint density at radius 1 is 1.32 bits per heavy atom. The van der Waals surface area contributed by atoms with Gasteiger partial charge in [0, 0.05) is 19.6 Å². The SMILES string of the molecule is CN=C(NCC(c1ccc(C)cc1)N(C)C)NC1CC1C.I. The van der Waals surface area contributed by atoms with Gasteiger partial charge in [-0.05, 0) is 38.9 Å². The van der Waals surface area contributed by atoms with Gasteiger partial charge in [0.1, 0.15) is 0 Å². The Bertz CT molecular complexity index is 484. The molecule has 2 rings (SSSR count). The van der Waals surface area contributed by atoms with Gasteiger partial charge in [-0.1, -0.05) is 36.8 Å². The molecule has 0 radical (unpaired) electrons. The van der Waals surface area contributed by atoms with E-state index in [-0.39, 0.29) is 24.0 Å². The van der Waals surface area contributed by atoms with Gasteiger partial charge in [-0.25, -0.2) is 0 Å². The van der Waals surface area contributed by atoms with Gasteiger partial charge in [-0.2, -0.15) is 0 Å². The maximum atomic E-state index is 4.32. The molecular weight excluding hydrogens is 387 g/mol. The number of hydrogen-bond acceptors (Lipinski definition) is 2. The predicted molar refractivity (Wildman–Crippen MR) is 105 cm³/mol. The highest BCUT2D eigenvalue weighted by atomic mass is 127. The summed E-state index contributed by atoms with van der Waals surface area (Å²) in [6.07, 6.45) is 1.25. The third-order valence-corrected chi connectivity index (χ3v) is 4.20. The maximum Gasteiger partial charge on any atom is 0.191 e. The van der Waals surface area contributed by atoms with E-state index >= 15 is 0 Å². The smallest absolute Gasteiger partial charge is 0.191 e. The molecule has 2 N–H and O–H groups in total. The summed E-state index contributed by atoms with van der Waals surface area (Å²) in [6, 6.07) is 9.69. The molecule has 5 heteroatoms. The van der Waals surface area contributed by atoms with Crippen molar-refractivity contribution in [3.63, 3.8) is 0 Å². The van der Waals surface area contributed by atoms with Crippen LogP contribution in [0.2, 0.25) is 0 Å². The standard InChI is InChI=1S/C17H28N4.HI/c1-12-6-8-14(9-7-12)16(21(4)5)11-19-17(18-3)20-15-10-13(15)2;/h6-9,13,15-16H,10-11H2,1-5H3,(H2,18,19,20);1H. The summed E-state index contributed by atoms with van der Waals surface area (Å²) in [6.45, 7) is 5.23. The van der Waals surface area contributed by atoms with Gasteiger partial charge in [0.05, 0.1) is 6.04 Å². The van der Waals surface area contributed by atoms with Crippen LogP contribution in [0.1, 0.15) is 30.5 Å². The fourth-order valence-corrected chi connectivity index (χ4v) is 2.47. The monoisotopic (exact) mass is 416 g/mol. The minimum absolute atomic E-state index is 0. The molecular formula is C17H29IN4. The first kappa shape index (κ1) is 19.2. The summed E-state index contributed by atoms with van der Waals surface area (Å²) in [5, 5.41) is 6.92. The molecule has 3 unspecified atom stereocenters. The number of likely N-dealkylation sites (N-methyl/N-ethyl adjacent to an activating group) is 1. The summed E-state index contributed by atoms with van der Waals surface area (Å²) < 4.78 is 0. The van der Waals surface area contributed by atoms with Gasteiger partial charge >= 0.3 is 0 Å². The molecule has 1 aliphatic carbocycles. The molecule has 0 aromatic heterocycles. The van der Waals surface area contributed by atoms with Gasteiger partial charge in [-0.15, -0.1) is 24.0 Å². The van der Waals surface area contributed by atoms with Crippen LogP contribution in [-0.2, 0) is 0 Å². The van der Waals surface area contributed by atoms with Crippen molar-refractivity contribution in [1.29, 1.82) is 0 Å². The van der Waals surface area contributed by atoms with E-state index in [4.69, 9.17) is 0 Å². The van der Waals surface area contributed by atoms with E-state index < -0.39 is 0 Å². The highest BCUT2D eigenvalue weighted by Crippen LogP contribution is 2.28. The van der Waals surface area contributed by atoms with Crippen LogP contribution in [0.25, 0.3) is 0 Å². The summed E-state index contributed by atoms with van der Waals surface area (Å²) in [4.78, 5) is 6.56. The van der Waals surface area contributed by atoms with Crippen LogP contribution >= 0.6 is 24.0 Å². The summed E-state index contributed by atoms with van der Waals surface area (Å²) in [7, 11) is 6.07. The minimum atomic E-state index is 0. The van der Waals surface area contributed by atoms with E-state index in [1.165, 1.54) is 17.5 Å². The molecule has 124 valence electrons. The predicted octanol–water partition coefficient (Wildman–Crippen LogP) is 2.79. The Morgan fingerprint density at radius 3 is 2.36 bits per heavy atom. The molecule has 3 atom stereocenters. The lowest BCUT2D eigenvalue weighted by Crippen LogP contribution is -2.42. The third-order valence-electron chi connectivity index (χ3n) is 4.20. The first-order chi connectivity index (χ1) is 10.0. The lowest BCUT2D eigenvalue weighted by atomic mass is 10.0. The van der Waals surface area contributed by atoms with Gasteiger partial charge < -0.3 is 15.5 Å². The summed E-state index contributed by atoms with van der Waals surface area (Å²) in [5.74, 6) is 1.67. The van der Waals surface area contributed by atoms with Crippen molar-refractivity contribution in [2.45, 2.75) is 32.4 Å². The van der Waals surface area contributed by atoms with Crippen LogP contribution < -0.4 is 10.6 Å². The Kier molecular flexibility index (Phi) is 7.62. The Balaban J connectivity index is 0.00000242. The average molecular weight is 416 g/mol. The number of benzene rings is 1. The number of nitrogens with one attached hydrogen (secondary N) is 2. The number of rotatable bonds is 5. The molecule has 0 aliphatic heterocycles. The summed E-state index contributed by atoms with van der Waals surface area (Å²) >= 11 is 0. The van der Waals surface area contributed by atoms with Gasteiger partial charge in [0.15, 0.2) is 5.96 Å². The van der Waals surface area contributed by atoms with Crippen LogP contribution in [0, 0.1) is 12.8 Å². The number of aliphatic imine (C=N–C) groups is 1. The van der Waals surface area contributed by atoms with Crippen LogP contribution in [0.4, 0.5) is 0 Å². The lowest BCUT2D eigenvalue weighted by Gasteiger charge is -2.26. The van der Waals surface area contributed by atoms with Crippen molar-refractivity contribution in [3.05, 3.63) is 35.4 Å². The number of aryl methyl sites for hydroxylation is 1. The minimum Gasteiger partial charge on any atom is -0.354 e. The fourth-order valence-electron chi connectivity index (χ4n) is 2.47. The van der Waals surface area contributed by atoms with E-state index in [9.17, 15) is 0 Å². The van der Waals surface area contributed by atoms with Gasteiger partial charge in [0.2, 0.25) is 0 Å². The molecule has 1 fully saturated rings. The van der Waals surface area contributed by atoms with Crippen LogP contribution in [0.5, 0.6) is 0 Å². The molecule has 22 heavy (non-hydrogen) atoms. The lowest BCUT2D eigenvalue weighted by molar-refractivity contribution is 0.298. The quantitative estimate of drug-likeness (QED) is 0.441. The van der Waals surface area contributed by atoms with Crippen molar-refractivity contribution in [2.24, 2.45) is 10.9 Å². The second-order valence-corrected chi connectivity index (χ2v) is 6.31. The molecule has 0 bridgehead atoms. The fraction of sp³-hybridized carbons (Fsp3) is 0.588. The average Bonchev–Trinajstić information content (AvgIpc) is 3.14. The number of halogens is 1. The number of hydrogen-bond donors (Lipinski definition) is 2. The molecule has 0 amide bonds. The summed E-state index contributed by atoms with van der Waals surface area (Å²) in [5.41, 5.74) is 2.62. The first-order valence-corrected chi connectivity index (χ1v) is 7.71. The van der Waals surface area contributed by atoms with Crippen molar-refractivity contribution in [2.75, 3.05) is 27.7 Å². The zero-order valence-electron chi connectivity index (χ0n) is 14.3. The number of nitrogens with zero attached hydrogens (tertiary/aromatic N) is 2. The first-order valence-electron chi connectivity index (χ1n) is 7.71. The molecule has 0 heterocycles. The molecule has 1 aromatic carbocycles. The Labute approximate surface area is 151 Å². The topological polar surface area (TPSA) is 39.7 Å². The van der Waals surface area contributed by atoms with Crippen LogP contribution in [0.15, 0.2) is 29.3 Å². The zero-order chi connectivity index (χ0) is 15.4.